The van der Waals surface area contributed by atoms with E-state index < -0.39 is 35.8 Å². The van der Waals surface area contributed by atoms with E-state index in [2.05, 4.69) is 10.6 Å². The van der Waals surface area contributed by atoms with E-state index in [0.29, 0.717) is 37.6 Å². The van der Waals surface area contributed by atoms with Gasteiger partial charge < -0.3 is 34.6 Å². The van der Waals surface area contributed by atoms with E-state index in [4.69, 9.17) is 14.2 Å². The molecule has 0 unspecified atom stereocenters. The smallest absolute Gasteiger partial charge is 0.414 e. The quantitative estimate of drug-likeness (QED) is 0.554. The molecule has 198 valence electrons. The molecule has 4 amide bonds. The molecule has 2 heterocycles. The summed E-state index contributed by atoms with van der Waals surface area (Å²) >= 11 is 0. The zero-order valence-electron chi connectivity index (χ0n) is 20.8. The molecule has 2 N–H and O–H groups in total. The van der Waals surface area contributed by atoms with E-state index in [1.807, 2.05) is 0 Å². The number of hydrogen-bond donors (Lipinski definition) is 2. The highest BCUT2D eigenvalue weighted by atomic mass is 19.1. The fraction of sp³-hybridized carbons (Fsp3) is 0.565. The Bertz CT molecular complexity index is 992. The molecule has 36 heavy (non-hydrogen) atoms. The highest BCUT2D eigenvalue weighted by Gasteiger charge is 2.33. The van der Waals surface area contributed by atoms with E-state index in [0.717, 1.165) is 0 Å². The Morgan fingerprint density at radius 3 is 2.44 bits per heavy atom. The normalized spacial score (nSPS) is 18.0. The van der Waals surface area contributed by atoms with E-state index in [9.17, 15) is 23.6 Å². The van der Waals surface area contributed by atoms with Gasteiger partial charge >= 0.3 is 18.3 Å². The molecule has 1 atom stereocenters. The predicted molar refractivity (Wildman–Crippen MR) is 127 cm³/mol. The third kappa shape index (κ3) is 7.12. The molecule has 0 aliphatic carbocycles. The van der Waals surface area contributed by atoms with Gasteiger partial charge in [-0.15, -0.1) is 0 Å². The number of nitrogens with zero attached hydrogens (tertiary/aromatic N) is 3. The zero-order chi connectivity index (χ0) is 26.5. The van der Waals surface area contributed by atoms with Crippen molar-refractivity contribution in [2.24, 2.45) is 0 Å². The third-order valence-corrected chi connectivity index (χ3v) is 5.49. The van der Waals surface area contributed by atoms with Crippen LogP contribution in [0.2, 0.25) is 0 Å². The molecule has 13 heteroatoms. The van der Waals surface area contributed by atoms with Crippen LogP contribution in [0.4, 0.5) is 30.1 Å². The number of halogens is 1. The number of hydrogen-bond acceptors (Lipinski definition) is 8. The average Bonchev–Trinajstić information content (AvgIpc) is 3.20. The molecule has 2 aliphatic heterocycles. The Morgan fingerprint density at radius 1 is 1.14 bits per heavy atom. The Morgan fingerprint density at radius 2 is 1.83 bits per heavy atom. The summed E-state index contributed by atoms with van der Waals surface area (Å²) in [5.74, 6) is -0.837. The van der Waals surface area contributed by atoms with Crippen LogP contribution in [0, 0.1) is 5.82 Å². The summed E-state index contributed by atoms with van der Waals surface area (Å²) in [6.07, 6.45) is -2.54. The fourth-order valence-electron chi connectivity index (χ4n) is 3.76. The molecule has 0 spiro atoms. The van der Waals surface area contributed by atoms with Gasteiger partial charge in [0.25, 0.3) is 5.91 Å². The molecule has 2 fully saturated rings. The topological polar surface area (TPSA) is 130 Å². The van der Waals surface area contributed by atoms with Crippen LogP contribution in [0.25, 0.3) is 0 Å². The number of cyclic esters (lactones) is 1. The van der Waals surface area contributed by atoms with Crippen molar-refractivity contribution in [1.29, 1.82) is 0 Å². The first-order valence-corrected chi connectivity index (χ1v) is 11.6. The predicted octanol–water partition coefficient (Wildman–Crippen LogP) is 1.68. The molecule has 2 aliphatic rings. The Hall–Kier alpha value is -3.77. The number of benzene rings is 1. The minimum Gasteiger partial charge on any atom is -0.444 e. The average molecular weight is 510 g/mol. The van der Waals surface area contributed by atoms with Gasteiger partial charge in [0, 0.05) is 33.2 Å². The molecule has 12 nitrogen and oxygen atoms in total. The summed E-state index contributed by atoms with van der Waals surface area (Å²) in [6.45, 7) is 6.57. The first-order valence-electron chi connectivity index (χ1n) is 11.6. The summed E-state index contributed by atoms with van der Waals surface area (Å²) in [6, 6.07) is 4.46. The van der Waals surface area contributed by atoms with Crippen LogP contribution in [0.5, 0.6) is 0 Å². The van der Waals surface area contributed by atoms with E-state index in [1.165, 1.54) is 18.0 Å². The number of rotatable bonds is 6. The molecular weight excluding hydrogens is 477 g/mol. The van der Waals surface area contributed by atoms with E-state index in [-0.39, 0.29) is 25.6 Å². The number of amides is 4. The number of carbonyl (C=O) groups is 4. The van der Waals surface area contributed by atoms with Crippen LogP contribution in [0.3, 0.4) is 0 Å². The summed E-state index contributed by atoms with van der Waals surface area (Å²) < 4.78 is 30.2. The summed E-state index contributed by atoms with van der Waals surface area (Å²) in [5.41, 5.74) is 0.0369. The second-order valence-electron chi connectivity index (χ2n) is 9.33. The van der Waals surface area contributed by atoms with E-state index >= 15 is 0 Å². The van der Waals surface area contributed by atoms with Crippen LogP contribution in [0.1, 0.15) is 20.8 Å². The van der Waals surface area contributed by atoms with E-state index in [1.54, 1.807) is 42.7 Å². The maximum Gasteiger partial charge on any atom is 0.414 e. The first kappa shape index (κ1) is 26.8. The number of carbonyl (C=O) groups excluding carboxylic acids is 4. The maximum atomic E-state index is 15.0. The van der Waals surface area contributed by atoms with Crippen molar-refractivity contribution in [3.8, 4) is 0 Å². The third-order valence-electron chi connectivity index (χ3n) is 5.49. The van der Waals surface area contributed by atoms with Crippen LogP contribution in [-0.2, 0) is 19.0 Å². The number of alkyl carbamates (subject to hydrolysis) is 2. The summed E-state index contributed by atoms with van der Waals surface area (Å²) in [7, 11) is 1.40. The number of nitrogens with one attached hydrogen (secondary N) is 2. The lowest BCUT2D eigenvalue weighted by molar-refractivity contribution is -0.134. The molecule has 0 bridgehead atoms. The molecule has 1 aromatic carbocycles. The van der Waals surface area contributed by atoms with Crippen molar-refractivity contribution >= 4 is 35.6 Å². The lowest BCUT2D eigenvalue weighted by Gasteiger charge is -2.36. The maximum absolute atomic E-state index is 15.0. The summed E-state index contributed by atoms with van der Waals surface area (Å²) in [5, 5.41) is 4.83. The van der Waals surface area contributed by atoms with Crippen LogP contribution >= 0.6 is 0 Å². The van der Waals surface area contributed by atoms with Crippen molar-refractivity contribution in [2.75, 3.05) is 62.7 Å². The number of anilines is 2. The lowest BCUT2D eigenvalue weighted by atomic mass is 10.2. The van der Waals surface area contributed by atoms with Gasteiger partial charge in [-0.1, -0.05) is 0 Å². The molecule has 2 saturated heterocycles. The molecule has 0 radical (unpaired) electrons. The van der Waals surface area contributed by atoms with Crippen molar-refractivity contribution in [2.45, 2.75) is 32.5 Å². The SMILES string of the molecule is CNC(=O)OCC(=O)N1CCN(c2ccc(N3C[C@H](CNC(=O)OC(C)(C)C)OC3=O)cc2F)CC1. The van der Waals surface area contributed by atoms with Gasteiger partial charge in [0.15, 0.2) is 6.61 Å². The van der Waals surface area contributed by atoms with Crippen molar-refractivity contribution in [3.63, 3.8) is 0 Å². The highest BCUT2D eigenvalue weighted by Crippen LogP contribution is 2.28. The van der Waals surface area contributed by atoms with Crippen molar-refractivity contribution in [3.05, 3.63) is 24.0 Å². The van der Waals surface area contributed by atoms with Gasteiger partial charge in [0.1, 0.15) is 17.5 Å². The zero-order valence-corrected chi connectivity index (χ0v) is 20.8. The number of piperazine rings is 1. The molecule has 0 saturated carbocycles. The lowest BCUT2D eigenvalue weighted by Crippen LogP contribution is -2.50. The minimum atomic E-state index is -0.684. The summed E-state index contributed by atoms with van der Waals surface area (Å²) in [4.78, 5) is 52.1. The van der Waals surface area contributed by atoms with Crippen molar-refractivity contribution < 1.29 is 37.8 Å². The van der Waals surface area contributed by atoms with Crippen LogP contribution in [0.15, 0.2) is 18.2 Å². The number of ether oxygens (including phenoxy) is 3. The Kier molecular flexibility index (Phi) is 8.43. The van der Waals surface area contributed by atoms with Crippen LogP contribution in [-0.4, -0.2) is 93.7 Å². The van der Waals surface area contributed by atoms with Gasteiger partial charge in [-0.2, -0.15) is 0 Å². The molecule has 3 rings (SSSR count). The highest BCUT2D eigenvalue weighted by molar-refractivity contribution is 5.90. The van der Waals surface area contributed by atoms with Gasteiger partial charge in [0.2, 0.25) is 0 Å². The van der Waals surface area contributed by atoms with Crippen molar-refractivity contribution in [1.82, 2.24) is 15.5 Å². The first-order chi connectivity index (χ1) is 17.0. The second-order valence-corrected chi connectivity index (χ2v) is 9.33. The van der Waals surface area contributed by atoms with Gasteiger partial charge in [-0.25, -0.2) is 18.8 Å². The molecular formula is C23H32FN5O7. The molecule has 1 aromatic rings. The largest absolute Gasteiger partial charge is 0.444 e. The van der Waals surface area contributed by atoms with Crippen LogP contribution < -0.4 is 20.4 Å². The Balaban J connectivity index is 1.52. The monoisotopic (exact) mass is 509 g/mol. The Labute approximate surface area is 208 Å². The van der Waals surface area contributed by atoms with Gasteiger partial charge in [-0.05, 0) is 39.0 Å². The standard InChI is InChI=1S/C23H32FN5O7/c1-23(2,3)36-21(32)26-12-16-13-29(22(33)35-16)15-5-6-18(17(24)11-15)27-7-9-28(10-8-27)19(30)14-34-20(31)25-4/h5-6,11,16H,7-10,12-14H2,1-4H3,(H,25,31)(H,26,32)/t16-/m0/s1. The van der Waals surface area contributed by atoms with Gasteiger partial charge in [-0.3, -0.25) is 9.69 Å². The van der Waals surface area contributed by atoms with Gasteiger partial charge in [0.05, 0.1) is 24.5 Å². The minimum absolute atomic E-state index is 0.0644. The second kappa shape index (κ2) is 11.3. The molecule has 0 aromatic heterocycles. The fourth-order valence-corrected chi connectivity index (χ4v) is 3.76.